The minimum absolute atomic E-state index is 0.400. The predicted molar refractivity (Wildman–Crippen MR) is 70.8 cm³/mol. The zero-order valence-corrected chi connectivity index (χ0v) is 11.9. The summed E-state index contributed by atoms with van der Waals surface area (Å²) in [7, 11) is 0. The van der Waals surface area contributed by atoms with Crippen LogP contribution in [0.15, 0.2) is 0 Å². The molecule has 0 heterocycles. The topological polar surface area (TPSA) is 63.6 Å². The van der Waals surface area contributed by atoms with Gasteiger partial charge in [-0.1, -0.05) is 0 Å². The lowest BCUT2D eigenvalue weighted by atomic mass is 9.66. The second-order valence-corrected chi connectivity index (χ2v) is 7.65. The van der Waals surface area contributed by atoms with Crippen molar-refractivity contribution in [3.8, 4) is 0 Å². The van der Waals surface area contributed by atoms with Crippen molar-refractivity contribution in [1.82, 2.24) is 0 Å². The monoisotopic (exact) mass is 278 g/mol. The van der Waals surface area contributed by atoms with E-state index < -0.39 is 24.0 Å². The van der Waals surface area contributed by atoms with E-state index in [1.807, 2.05) is 6.92 Å². The van der Waals surface area contributed by atoms with Gasteiger partial charge in [0.2, 0.25) is 0 Å². The van der Waals surface area contributed by atoms with E-state index in [1.54, 1.807) is 0 Å². The van der Waals surface area contributed by atoms with E-state index >= 15 is 0 Å². The van der Waals surface area contributed by atoms with Gasteiger partial charge in [-0.25, -0.2) is 0 Å². The third-order valence-electron chi connectivity index (χ3n) is 6.71. The van der Waals surface area contributed by atoms with Crippen LogP contribution in [0.25, 0.3) is 0 Å². The number of carbonyl (C=O) groups is 2. The maximum atomic E-state index is 11.7. The van der Waals surface area contributed by atoms with Gasteiger partial charge in [0, 0.05) is 5.92 Å². The molecule has 0 amide bonds. The average molecular weight is 278 g/mol. The van der Waals surface area contributed by atoms with Gasteiger partial charge in [0.1, 0.15) is 12.0 Å². The zero-order valence-electron chi connectivity index (χ0n) is 11.9. The smallest absolute Gasteiger partial charge is 0.317 e. The molecule has 0 aliphatic heterocycles. The zero-order chi connectivity index (χ0) is 14.1. The summed E-state index contributed by atoms with van der Waals surface area (Å²) in [5, 5.41) is 8.71. The molecule has 0 saturated heterocycles. The highest BCUT2D eigenvalue weighted by atomic mass is 16.6. The molecule has 0 spiro atoms. The summed E-state index contributed by atoms with van der Waals surface area (Å²) < 4.78 is 5.64. The van der Waals surface area contributed by atoms with Gasteiger partial charge < -0.3 is 9.84 Å². The molecule has 4 saturated carbocycles. The number of carboxylic acids is 1. The molecule has 7 unspecified atom stereocenters. The maximum absolute atomic E-state index is 11.7. The molecule has 0 radical (unpaired) electrons. The van der Waals surface area contributed by atoms with Crippen LogP contribution in [0, 0.1) is 35.5 Å². The minimum Gasteiger partial charge on any atom is -0.481 e. The van der Waals surface area contributed by atoms with Crippen molar-refractivity contribution in [2.24, 2.45) is 35.5 Å². The molecule has 4 aliphatic rings. The normalized spacial score (nSPS) is 51.2. The Kier molecular flexibility index (Phi) is 2.52. The molecule has 0 aromatic rings. The van der Waals surface area contributed by atoms with Crippen molar-refractivity contribution in [2.75, 3.05) is 0 Å². The first-order valence-corrected chi connectivity index (χ1v) is 7.91. The predicted octanol–water partition coefficient (Wildman–Crippen LogP) is 2.47. The minimum atomic E-state index is -1.10. The molecule has 4 fully saturated rings. The number of fused-ring (bicyclic) bond motifs is 9. The van der Waals surface area contributed by atoms with Crippen molar-refractivity contribution < 1.29 is 19.4 Å². The van der Waals surface area contributed by atoms with Gasteiger partial charge in [-0.2, -0.15) is 0 Å². The second kappa shape index (κ2) is 3.99. The molecular weight excluding hydrogens is 256 g/mol. The first kappa shape index (κ1) is 12.7. The molecule has 4 aliphatic carbocycles. The highest BCUT2D eigenvalue weighted by Crippen LogP contribution is 2.70. The highest BCUT2D eigenvalue weighted by molar-refractivity contribution is 5.90. The Labute approximate surface area is 118 Å². The Morgan fingerprint density at radius 1 is 1.15 bits per heavy atom. The number of esters is 1. The summed E-state index contributed by atoms with van der Waals surface area (Å²) in [6, 6.07) is 0. The van der Waals surface area contributed by atoms with Crippen LogP contribution in [0.2, 0.25) is 0 Å². The van der Waals surface area contributed by atoms with E-state index in [9.17, 15) is 9.59 Å². The molecule has 20 heavy (non-hydrogen) atoms. The average Bonchev–Trinajstić information content (AvgIpc) is 3.01. The van der Waals surface area contributed by atoms with E-state index in [0.29, 0.717) is 11.8 Å². The van der Waals surface area contributed by atoms with Crippen molar-refractivity contribution in [1.29, 1.82) is 0 Å². The van der Waals surface area contributed by atoms with Crippen LogP contribution in [-0.2, 0) is 14.3 Å². The lowest BCUT2D eigenvalue weighted by molar-refractivity contribution is -0.171. The molecule has 1 N–H and O–H groups in total. The standard InChI is InChI=1S/C16H22O4/c1-16(20-13(19)6-12(17)18)7-10-5-11(16)15-9-3-2-8(4-9)14(10)15/h8-11,14-15H,2-7H2,1H3,(H,17,18). The highest BCUT2D eigenvalue weighted by Gasteiger charge is 2.66. The summed E-state index contributed by atoms with van der Waals surface area (Å²) in [5.74, 6) is 2.93. The van der Waals surface area contributed by atoms with Gasteiger partial charge in [-0.15, -0.1) is 0 Å². The van der Waals surface area contributed by atoms with E-state index in [-0.39, 0.29) is 0 Å². The third-order valence-corrected chi connectivity index (χ3v) is 6.71. The maximum Gasteiger partial charge on any atom is 0.317 e. The van der Waals surface area contributed by atoms with E-state index in [1.165, 1.54) is 25.7 Å². The summed E-state index contributed by atoms with van der Waals surface area (Å²) in [6.07, 6.45) is 5.79. The van der Waals surface area contributed by atoms with Crippen LogP contribution in [0.3, 0.4) is 0 Å². The van der Waals surface area contributed by atoms with Crippen molar-refractivity contribution in [3.63, 3.8) is 0 Å². The second-order valence-electron chi connectivity index (χ2n) is 7.65. The number of hydrogen-bond acceptors (Lipinski definition) is 3. The Bertz CT molecular complexity index is 473. The van der Waals surface area contributed by atoms with Crippen LogP contribution < -0.4 is 0 Å². The van der Waals surface area contributed by atoms with Gasteiger partial charge in [-0.3, -0.25) is 9.59 Å². The van der Waals surface area contributed by atoms with Crippen molar-refractivity contribution >= 4 is 11.9 Å². The summed E-state index contributed by atoms with van der Waals surface area (Å²) in [4.78, 5) is 22.4. The van der Waals surface area contributed by atoms with Crippen LogP contribution >= 0.6 is 0 Å². The molecular formula is C16H22O4. The van der Waals surface area contributed by atoms with Crippen LogP contribution in [0.1, 0.15) is 45.4 Å². The number of rotatable bonds is 3. The fourth-order valence-corrected chi connectivity index (χ4v) is 6.40. The fraction of sp³-hybridized carbons (Fsp3) is 0.875. The van der Waals surface area contributed by atoms with Gasteiger partial charge in [-0.05, 0) is 68.6 Å². The van der Waals surface area contributed by atoms with E-state index in [2.05, 4.69) is 0 Å². The molecule has 4 bridgehead atoms. The Morgan fingerprint density at radius 3 is 2.55 bits per heavy atom. The Hall–Kier alpha value is -1.06. The molecule has 110 valence electrons. The van der Waals surface area contributed by atoms with Gasteiger partial charge in [0.25, 0.3) is 0 Å². The largest absolute Gasteiger partial charge is 0.481 e. The summed E-state index contributed by atoms with van der Waals surface area (Å²) in [6.45, 7) is 2.04. The quantitative estimate of drug-likeness (QED) is 0.489. The number of carbonyl (C=O) groups excluding carboxylic acids is 1. The van der Waals surface area contributed by atoms with Gasteiger partial charge >= 0.3 is 11.9 Å². The third kappa shape index (κ3) is 1.60. The van der Waals surface area contributed by atoms with Gasteiger partial charge in [0.15, 0.2) is 0 Å². The van der Waals surface area contributed by atoms with Crippen LogP contribution in [-0.4, -0.2) is 22.6 Å². The fourth-order valence-electron chi connectivity index (χ4n) is 6.40. The van der Waals surface area contributed by atoms with E-state index in [4.69, 9.17) is 9.84 Å². The molecule has 0 aromatic carbocycles. The van der Waals surface area contributed by atoms with Crippen molar-refractivity contribution in [2.45, 2.75) is 51.0 Å². The van der Waals surface area contributed by atoms with Gasteiger partial charge in [0.05, 0.1) is 0 Å². The Morgan fingerprint density at radius 2 is 1.85 bits per heavy atom. The number of carboxylic acid groups (broad SMARTS) is 1. The van der Waals surface area contributed by atoms with E-state index in [0.717, 1.165) is 30.1 Å². The first-order valence-electron chi connectivity index (χ1n) is 7.91. The molecule has 4 nitrogen and oxygen atoms in total. The SMILES string of the molecule is CC1(OC(=O)CC(=O)O)CC2CC1C1C3CCC(C3)C21. The number of hydrogen-bond donors (Lipinski definition) is 1. The first-order chi connectivity index (χ1) is 9.48. The lowest BCUT2D eigenvalue weighted by Crippen LogP contribution is -2.45. The number of ether oxygens (including phenoxy) is 1. The lowest BCUT2D eigenvalue weighted by Gasteiger charge is -2.44. The molecule has 4 heteroatoms. The molecule has 0 aromatic heterocycles. The summed E-state index contributed by atoms with van der Waals surface area (Å²) >= 11 is 0. The molecule has 4 rings (SSSR count). The van der Waals surface area contributed by atoms with Crippen LogP contribution in [0.5, 0.6) is 0 Å². The van der Waals surface area contributed by atoms with Crippen molar-refractivity contribution in [3.05, 3.63) is 0 Å². The Balaban J connectivity index is 1.52. The summed E-state index contributed by atoms with van der Waals surface area (Å²) in [5.41, 5.74) is -0.400. The number of aliphatic carboxylic acids is 1. The van der Waals surface area contributed by atoms with Crippen LogP contribution in [0.4, 0.5) is 0 Å². The molecule has 7 atom stereocenters.